The monoisotopic (exact) mass is 386 g/mol. The number of benzene rings is 2. The lowest BCUT2D eigenvalue weighted by molar-refractivity contribution is -0.132. The largest absolute Gasteiger partial charge is 0.355 e. The number of nitrogens with one attached hydrogen (secondary N) is 1. The third-order valence-electron chi connectivity index (χ3n) is 4.20. The molecule has 0 aromatic heterocycles. The maximum Gasteiger partial charge on any atom is 0.239 e. The molecule has 0 saturated carbocycles. The van der Waals surface area contributed by atoms with Gasteiger partial charge in [0.25, 0.3) is 0 Å². The Hall–Kier alpha value is -2.14. The lowest BCUT2D eigenvalue weighted by Crippen LogP contribution is -2.37. The molecule has 0 bridgehead atoms. The van der Waals surface area contributed by atoms with Crippen molar-refractivity contribution in [3.63, 3.8) is 0 Å². The van der Waals surface area contributed by atoms with E-state index in [1.165, 1.54) is 5.56 Å². The normalized spacial score (nSPS) is 17.1. The number of hydrogen-bond donors (Lipinski definition) is 1. The molecule has 1 saturated heterocycles. The quantitative estimate of drug-likeness (QED) is 0.802. The van der Waals surface area contributed by atoms with Gasteiger partial charge in [-0.25, -0.2) is 0 Å². The zero-order valence-corrected chi connectivity index (χ0v) is 14.8. The molecule has 1 aliphatic heterocycles. The summed E-state index contributed by atoms with van der Waals surface area (Å²) in [4.78, 5) is 26.6. The molecule has 2 aromatic rings. The highest BCUT2D eigenvalue weighted by Gasteiger charge is 2.37. The highest BCUT2D eigenvalue weighted by molar-refractivity contribution is 9.10. The van der Waals surface area contributed by atoms with E-state index in [1.54, 1.807) is 4.90 Å². The Morgan fingerprint density at radius 2 is 1.96 bits per heavy atom. The van der Waals surface area contributed by atoms with Crippen molar-refractivity contribution in [2.24, 2.45) is 5.92 Å². The molecule has 1 N–H and O–H groups in total. The summed E-state index contributed by atoms with van der Waals surface area (Å²) < 4.78 is 0.920. The highest BCUT2D eigenvalue weighted by atomic mass is 79.9. The molecule has 2 aromatic carbocycles. The van der Waals surface area contributed by atoms with Gasteiger partial charge in [0, 0.05) is 23.2 Å². The molecular formula is C19H19BrN2O2. The zero-order chi connectivity index (χ0) is 16.9. The molecule has 4 nitrogen and oxygen atoms in total. The van der Waals surface area contributed by atoms with Crippen molar-refractivity contribution in [1.82, 2.24) is 5.32 Å². The first-order valence-corrected chi connectivity index (χ1v) is 8.83. The van der Waals surface area contributed by atoms with Crippen LogP contribution >= 0.6 is 15.9 Å². The fourth-order valence-corrected chi connectivity index (χ4v) is 3.31. The minimum atomic E-state index is -0.584. The number of amides is 2. The third kappa shape index (κ3) is 3.85. The molecule has 124 valence electrons. The fraction of sp³-hybridized carbons (Fsp3) is 0.263. The summed E-state index contributed by atoms with van der Waals surface area (Å²) in [6, 6.07) is 17.6. The Morgan fingerprint density at radius 3 is 2.71 bits per heavy atom. The van der Waals surface area contributed by atoms with Gasteiger partial charge >= 0.3 is 0 Å². The molecule has 2 amide bonds. The second-order valence-corrected chi connectivity index (χ2v) is 6.75. The number of carbonyl (C=O) groups excluding carboxylic acids is 2. The van der Waals surface area contributed by atoms with Gasteiger partial charge < -0.3 is 10.2 Å². The van der Waals surface area contributed by atoms with Gasteiger partial charge in [-0.3, -0.25) is 9.59 Å². The number of nitrogens with zero attached hydrogens (tertiary/aromatic N) is 1. The third-order valence-corrected chi connectivity index (χ3v) is 4.69. The van der Waals surface area contributed by atoms with Crippen LogP contribution in [0.5, 0.6) is 0 Å². The summed E-state index contributed by atoms with van der Waals surface area (Å²) >= 11 is 3.41. The molecule has 3 rings (SSSR count). The minimum Gasteiger partial charge on any atom is -0.355 e. The summed E-state index contributed by atoms with van der Waals surface area (Å²) in [5.41, 5.74) is 2.00. The van der Waals surface area contributed by atoms with Crippen LogP contribution in [-0.2, 0) is 16.0 Å². The van der Waals surface area contributed by atoms with E-state index in [1.807, 2.05) is 54.6 Å². The van der Waals surface area contributed by atoms with Gasteiger partial charge in [0.15, 0.2) is 0 Å². The standard InChI is InChI=1S/C19H19BrN2O2/c20-15-7-4-8-16(13-15)22-12-10-17(19(22)24)18(23)21-11-9-14-5-2-1-3-6-14/h1-8,13,17H,9-12H2,(H,21,23)/t17-/m1/s1. The summed E-state index contributed by atoms with van der Waals surface area (Å²) in [5.74, 6) is -0.876. The molecule has 0 unspecified atom stereocenters. The van der Waals surface area contributed by atoms with Crippen molar-refractivity contribution >= 4 is 33.4 Å². The van der Waals surface area contributed by atoms with E-state index in [2.05, 4.69) is 21.2 Å². The predicted molar refractivity (Wildman–Crippen MR) is 97.8 cm³/mol. The smallest absolute Gasteiger partial charge is 0.239 e. The van der Waals surface area contributed by atoms with Crippen LogP contribution in [0.15, 0.2) is 59.1 Å². The lowest BCUT2D eigenvalue weighted by Gasteiger charge is -2.17. The van der Waals surface area contributed by atoms with Crippen LogP contribution in [0.1, 0.15) is 12.0 Å². The Morgan fingerprint density at radius 1 is 1.17 bits per heavy atom. The molecule has 5 heteroatoms. The van der Waals surface area contributed by atoms with Crippen LogP contribution in [0, 0.1) is 5.92 Å². The van der Waals surface area contributed by atoms with Crippen LogP contribution in [-0.4, -0.2) is 24.9 Å². The van der Waals surface area contributed by atoms with Gasteiger partial charge in [0.1, 0.15) is 5.92 Å². The molecule has 0 radical (unpaired) electrons. The van der Waals surface area contributed by atoms with Gasteiger partial charge in [-0.15, -0.1) is 0 Å². The molecule has 1 atom stereocenters. The Bertz CT molecular complexity index is 733. The van der Waals surface area contributed by atoms with E-state index in [0.29, 0.717) is 19.5 Å². The van der Waals surface area contributed by atoms with Crippen LogP contribution in [0.25, 0.3) is 0 Å². The van der Waals surface area contributed by atoms with Gasteiger partial charge in [-0.1, -0.05) is 52.3 Å². The number of halogens is 1. The fourth-order valence-electron chi connectivity index (χ4n) is 2.92. The Balaban J connectivity index is 1.55. The average molecular weight is 387 g/mol. The summed E-state index contributed by atoms with van der Waals surface area (Å²) in [7, 11) is 0. The average Bonchev–Trinajstić information content (AvgIpc) is 2.97. The maximum atomic E-state index is 12.5. The number of hydrogen-bond acceptors (Lipinski definition) is 2. The number of anilines is 1. The number of carbonyl (C=O) groups is 2. The van der Waals surface area contributed by atoms with E-state index in [9.17, 15) is 9.59 Å². The minimum absolute atomic E-state index is 0.120. The Kier molecular flexibility index (Phi) is 5.30. The SMILES string of the molecule is O=C(NCCc1ccccc1)[C@H]1CCN(c2cccc(Br)c2)C1=O. The van der Waals surface area contributed by atoms with E-state index in [-0.39, 0.29) is 11.8 Å². The van der Waals surface area contributed by atoms with Crippen molar-refractivity contribution in [2.75, 3.05) is 18.0 Å². The summed E-state index contributed by atoms with van der Waals surface area (Å²) in [5, 5.41) is 2.89. The van der Waals surface area contributed by atoms with Crippen LogP contribution in [0.3, 0.4) is 0 Å². The van der Waals surface area contributed by atoms with Crippen molar-refractivity contribution in [2.45, 2.75) is 12.8 Å². The van der Waals surface area contributed by atoms with E-state index < -0.39 is 5.92 Å². The van der Waals surface area contributed by atoms with Crippen LogP contribution in [0.2, 0.25) is 0 Å². The van der Waals surface area contributed by atoms with Gasteiger partial charge in [0.2, 0.25) is 11.8 Å². The van der Waals surface area contributed by atoms with Gasteiger partial charge in [0.05, 0.1) is 0 Å². The summed E-state index contributed by atoms with van der Waals surface area (Å²) in [6.45, 7) is 1.12. The first-order chi connectivity index (χ1) is 11.6. The summed E-state index contributed by atoms with van der Waals surface area (Å²) in [6.07, 6.45) is 1.32. The van der Waals surface area contributed by atoms with E-state index in [0.717, 1.165) is 16.6 Å². The predicted octanol–water partition coefficient (Wildman–Crippen LogP) is 3.16. The van der Waals surface area contributed by atoms with Crippen molar-refractivity contribution < 1.29 is 9.59 Å². The molecule has 24 heavy (non-hydrogen) atoms. The second kappa shape index (κ2) is 7.62. The van der Waals surface area contributed by atoms with E-state index >= 15 is 0 Å². The molecular weight excluding hydrogens is 368 g/mol. The highest BCUT2D eigenvalue weighted by Crippen LogP contribution is 2.27. The molecule has 1 aliphatic rings. The molecule has 0 spiro atoms. The first-order valence-electron chi connectivity index (χ1n) is 8.04. The molecule has 0 aliphatic carbocycles. The maximum absolute atomic E-state index is 12.5. The van der Waals surface area contributed by atoms with Crippen LogP contribution in [0.4, 0.5) is 5.69 Å². The molecule has 1 fully saturated rings. The molecule has 1 heterocycles. The van der Waals surface area contributed by atoms with Crippen molar-refractivity contribution in [3.8, 4) is 0 Å². The van der Waals surface area contributed by atoms with Crippen molar-refractivity contribution in [3.05, 3.63) is 64.6 Å². The zero-order valence-electron chi connectivity index (χ0n) is 13.2. The van der Waals surface area contributed by atoms with Crippen LogP contribution < -0.4 is 10.2 Å². The Labute approximate surface area is 150 Å². The van der Waals surface area contributed by atoms with Crippen molar-refractivity contribution in [1.29, 1.82) is 0 Å². The van der Waals surface area contributed by atoms with Gasteiger partial charge in [-0.05, 0) is 36.6 Å². The van der Waals surface area contributed by atoms with Gasteiger partial charge in [-0.2, -0.15) is 0 Å². The second-order valence-electron chi connectivity index (χ2n) is 5.84. The number of rotatable bonds is 5. The first kappa shape index (κ1) is 16.7. The lowest BCUT2D eigenvalue weighted by atomic mass is 10.1. The van der Waals surface area contributed by atoms with E-state index in [4.69, 9.17) is 0 Å². The topological polar surface area (TPSA) is 49.4 Å².